The van der Waals surface area contributed by atoms with Crippen molar-refractivity contribution in [3.63, 3.8) is 0 Å². The van der Waals surface area contributed by atoms with Gasteiger partial charge in [-0.25, -0.2) is 0 Å². The topological polar surface area (TPSA) is 139 Å². The number of hydrogen-bond acceptors (Lipinski definition) is 7. The number of nitrogens with one attached hydrogen (secondary N) is 1. The predicted molar refractivity (Wildman–Crippen MR) is 49.0 cm³/mol. The Kier molecular flexibility index (Phi) is 4.59. The van der Waals surface area contributed by atoms with E-state index in [4.69, 9.17) is 14.9 Å². The Bertz CT molecular complexity index is 249. The van der Waals surface area contributed by atoms with E-state index in [1.54, 1.807) is 0 Å². The summed E-state index contributed by atoms with van der Waals surface area (Å²) >= 11 is 0. The van der Waals surface area contributed by atoms with Crippen LogP contribution < -0.4 is 5.32 Å². The molecular formula is C8H15NO7. The average Bonchev–Trinajstić information content (AvgIpc) is 2.28. The number of rotatable bonds is 3. The highest BCUT2D eigenvalue weighted by Gasteiger charge is 2.44. The minimum atomic E-state index is -1.56. The molecule has 8 nitrogen and oxygen atoms in total. The van der Waals surface area contributed by atoms with Crippen molar-refractivity contribution in [1.82, 2.24) is 5.32 Å². The summed E-state index contributed by atoms with van der Waals surface area (Å²) in [7, 11) is 0. The van der Waals surface area contributed by atoms with Crippen LogP contribution in [0.4, 0.5) is 0 Å². The smallest absolute Gasteiger partial charge is 0.246 e. The molecule has 1 aliphatic rings. The highest BCUT2D eigenvalue weighted by molar-refractivity contribution is 5.77. The fourth-order valence-corrected chi connectivity index (χ4v) is 1.48. The molecule has 1 aliphatic heterocycles. The molecule has 0 saturated carbocycles. The lowest BCUT2D eigenvalue weighted by Gasteiger charge is -2.40. The maximum atomic E-state index is 10.9. The number of carbonyl (C=O) groups excluding carboxylic acids is 1. The molecule has 1 amide bonds. The summed E-state index contributed by atoms with van der Waals surface area (Å²) in [6.45, 7) is -1.38. The summed E-state index contributed by atoms with van der Waals surface area (Å²) < 4.78 is 4.78. The van der Waals surface area contributed by atoms with E-state index in [-0.39, 0.29) is 0 Å². The highest BCUT2D eigenvalue weighted by atomic mass is 16.6. The van der Waals surface area contributed by atoms with Gasteiger partial charge in [0.15, 0.2) is 6.29 Å². The van der Waals surface area contributed by atoms with E-state index in [9.17, 15) is 20.1 Å². The maximum Gasteiger partial charge on any atom is 0.246 e. The van der Waals surface area contributed by atoms with Gasteiger partial charge in [-0.1, -0.05) is 0 Å². The Morgan fingerprint density at radius 3 is 2.31 bits per heavy atom. The second kappa shape index (κ2) is 5.53. The third kappa shape index (κ3) is 2.67. The number of hydrogen-bond donors (Lipinski definition) is 6. The van der Waals surface area contributed by atoms with E-state index < -0.39 is 49.8 Å². The first-order chi connectivity index (χ1) is 7.51. The zero-order chi connectivity index (χ0) is 12.3. The molecule has 94 valence electrons. The zero-order valence-electron chi connectivity index (χ0n) is 8.35. The molecule has 16 heavy (non-hydrogen) atoms. The fourth-order valence-electron chi connectivity index (χ4n) is 1.48. The Morgan fingerprint density at radius 1 is 1.19 bits per heavy atom. The lowest BCUT2D eigenvalue weighted by molar-refractivity contribution is -0.254. The minimum Gasteiger partial charge on any atom is -0.394 e. The van der Waals surface area contributed by atoms with E-state index in [1.807, 2.05) is 0 Å². The van der Waals surface area contributed by atoms with Gasteiger partial charge in [0.05, 0.1) is 6.61 Å². The second-order valence-corrected chi connectivity index (χ2v) is 3.48. The summed E-state index contributed by atoms with van der Waals surface area (Å²) in [6.07, 6.45) is -5.60. The summed E-state index contributed by atoms with van der Waals surface area (Å²) in [5, 5.41) is 47.8. The van der Waals surface area contributed by atoms with Crippen molar-refractivity contribution in [2.75, 3.05) is 13.2 Å². The van der Waals surface area contributed by atoms with Crippen molar-refractivity contribution in [3.8, 4) is 0 Å². The van der Waals surface area contributed by atoms with Crippen LogP contribution in [0.1, 0.15) is 0 Å². The van der Waals surface area contributed by atoms with Crippen molar-refractivity contribution >= 4 is 5.91 Å². The molecule has 1 saturated heterocycles. The van der Waals surface area contributed by atoms with Gasteiger partial charge in [-0.2, -0.15) is 0 Å². The average molecular weight is 237 g/mol. The van der Waals surface area contributed by atoms with Gasteiger partial charge in [0, 0.05) is 0 Å². The van der Waals surface area contributed by atoms with Crippen molar-refractivity contribution < 1.29 is 35.1 Å². The summed E-state index contributed by atoms with van der Waals surface area (Å²) in [5.41, 5.74) is 0. The van der Waals surface area contributed by atoms with E-state index in [0.29, 0.717) is 0 Å². The molecule has 0 aromatic rings. The molecule has 1 heterocycles. The van der Waals surface area contributed by atoms with Crippen LogP contribution in [0, 0.1) is 0 Å². The van der Waals surface area contributed by atoms with Crippen molar-refractivity contribution in [3.05, 3.63) is 0 Å². The molecule has 5 atom stereocenters. The molecule has 8 heteroatoms. The van der Waals surface area contributed by atoms with Crippen molar-refractivity contribution in [2.24, 2.45) is 0 Å². The van der Waals surface area contributed by atoms with Gasteiger partial charge in [0.25, 0.3) is 0 Å². The Balaban J connectivity index is 2.67. The van der Waals surface area contributed by atoms with Gasteiger partial charge in [0.1, 0.15) is 31.0 Å². The quantitative estimate of drug-likeness (QED) is 0.293. The molecule has 0 aliphatic carbocycles. The molecule has 0 radical (unpaired) electrons. The molecular weight excluding hydrogens is 222 g/mol. The molecule has 0 spiro atoms. The monoisotopic (exact) mass is 237 g/mol. The molecule has 1 unspecified atom stereocenters. The van der Waals surface area contributed by atoms with Crippen molar-refractivity contribution in [1.29, 1.82) is 0 Å². The number of aliphatic hydroxyl groups excluding tert-OH is 5. The van der Waals surface area contributed by atoms with E-state index in [0.717, 1.165) is 0 Å². The van der Waals surface area contributed by atoms with E-state index >= 15 is 0 Å². The van der Waals surface area contributed by atoms with Gasteiger partial charge >= 0.3 is 0 Å². The van der Waals surface area contributed by atoms with E-state index in [1.165, 1.54) is 0 Å². The standard InChI is InChI=1S/C8H15NO7/c10-1-3-6(13)7(14)5(8(15)16-3)9-4(12)2-11/h3,5-8,10-11,13-15H,1-2H2,(H,9,12)/t3-,5+,6-,7-,8?/m1/s1. The van der Waals surface area contributed by atoms with Gasteiger partial charge in [-0.15, -0.1) is 0 Å². The summed E-state index contributed by atoms with van der Waals surface area (Å²) in [4.78, 5) is 10.9. The van der Waals surface area contributed by atoms with Gasteiger partial charge in [0.2, 0.25) is 5.91 Å². The number of amides is 1. The van der Waals surface area contributed by atoms with Crippen LogP contribution in [0.2, 0.25) is 0 Å². The SMILES string of the molecule is O=C(CO)N[C@@H]1C(O)O[C@H](CO)[C@@H](O)[C@@H]1O. The van der Waals surface area contributed by atoms with Crippen LogP contribution in [0.25, 0.3) is 0 Å². The zero-order valence-corrected chi connectivity index (χ0v) is 8.35. The Labute approximate surface area is 91.1 Å². The van der Waals surface area contributed by atoms with Crippen LogP contribution in [-0.4, -0.2) is 75.3 Å². The number of aliphatic hydroxyl groups is 5. The van der Waals surface area contributed by atoms with Crippen LogP contribution >= 0.6 is 0 Å². The first-order valence-corrected chi connectivity index (χ1v) is 4.72. The van der Waals surface area contributed by atoms with Crippen LogP contribution in [0.15, 0.2) is 0 Å². The molecule has 0 bridgehead atoms. The summed E-state index contributed by atoms with van der Waals surface area (Å²) in [5.74, 6) is -0.818. The fraction of sp³-hybridized carbons (Fsp3) is 0.875. The number of ether oxygens (including phenoxy) is 1. The number of carbonyl (C=O) groups is 1. The van der Waals surface area contributed by atoms with Gasteiger partial charge in [-0.05, 0) is 0 Å². The van der Waals surface area contributed by atoms with Crippen LogP contribution in [0.3, 0.4) is 0 Å². The molecule has 0 aromatic carbocycles. The molecule has 1 rings (SSSR count). The Morgan fingerprint density at radius 2 is 1.81 bits per heavy atom. The Hall–Kier alpha value is -0.770. The maximum absolute atomic E-state index is 10.9. The van der Waals surface area contributed by atoms with E-state index in [2.05, 4.69) is 5.32 Å². The lowest BCUT2D eigenvalue weighted by Crippen LogP contribution is -2.64. The largest absolute Gasteiger partial charge is 0.394 e. The lowest BCUT2D eigenvalue weighted by atomic mass is 9.97. The first kappa shape index (κ1) is 13.3. The predicted octanol–water partition coefficient (Wildman–Crippen LogP) is -4.11. The normalized spacial score (nSPS) is 39.4. The highest BCUT2D eigenvalue weighted by Crippen LogP contribution is 2.19. The van der Waals surface area contributed by atoms with Crippen LogP contribution in [-0.2, 0) is 9.53 Å². The minimum absolute atomic E-state index is 0.573. The molecule has 1 fully saturated rings. The van der Waals surface area contributed by atoms with Crippen molar-refractivity contribution in [2.45, 2.75) is 30.6 Å². The molecule has 0 aromatic heterocycles. The second-order valence-electron chi connectivity index (χ2n) is 3.48. The van der Waals surface area contributed by atoms with Gasteiger partial charge in [-0.3, -0.25) is 4.79 Å². The molecule has 6 N–H and O–H groups in total. The first-order valence-electron chi connectivity index (χ1n) is 4.72. The third-order valence-corrected chi connectivity index (χ3v) is 2.37. The third-order valence-electron chi connectivity index (χ3n) is 2.37. The summed E-state index contributed by atoms with van der Waals surface area (Å²) in [6, 6.07) is -1.25. The van der Waals surface area contributed by atoms with Crippen LogP contribution in [0.5, 0.6) is 0 Å². The van der Waals surface area contributed by atoms with Gasteiger partial charge < -0.3 is 35.6 Å².